The van der Waals surface area contributed by atoms with E-state index in [-0.39, 0.29) is 23.9 Å². The summed E-state index contributed by atoms with van der Waals surface area (Å²) in [6.07, 6.45) is -3.50. The van der Waals surface area contributed by atoms with Gasteiger partial charge in [-0.3, -0.25) is 9.59 Å². The molecule has 0 aliphatic carbocycles. The molecule has 0 saturated heterocycles. The van der Waals surface area contributed by atoms with Crippen molar-refractivity contribution in [2.75, 3.05) is 4.90 Å². The Labute approximate surface area is 207 Å². The van der Waals surface area contributed by atoms with Crippen molar-refractivity contribution < 1.29 is 32.6 Å². The van der Waals surface area contributed by atoms with E-state index >= 15 is 0 Å². The molecule has 3 aromatic carbocycles. The van der Waals surface area contributed by atoms with E-state index in [4.69, 9.17) is 9.84 Å². The summed E-state index contributed by atoms with van der Waals surface area (Å²) in [6.45, 7) is 2.24. The second-order valence-electron chi connectivity index (χ2n) is 8.88. The van der Waals surface area contributed by atoms with Gasteiger partial charge in [-0.2, -0.15) is 13.2 Å². The molecular weight excluding hydrogens is 471 g/mol. The van der Waals surface area contributed by atoms with Gasteiger partial charge in [-0.1, -0.05) is 30.3 Å². The quantitative estimate of drug-likeness (QED) is 0.377. The number of amides is 1. The molecule has 5 nitrogen and oxygen atoms in total. The second-order valence-corrected chi connectivity index (χ2v) is 8.88. The van der Waals surface area contributed by atoms with E-state index in [1.807, 2.05) is 43.3 Å². The standard InChI is InChI=1S/C28H26F3NO4/c1-18-23(8-5-9-26(33)34)24-16-22(36-17-19-6-3-2-4-7-19)14-15-25(24)32(18)27(35)20-10-12-21(13-11-20)28(29,30)31/h2-4,6-7,10-16,18,23H,5,8-9,17H2,1H3,(H,33,34). The van der Waals surface area contributed by atoms with Crippen LogP contribution >= 0.6 is 0 Å². The van der Waals surface area contributed by atoms with Crippen LogP contribution in [-0.2, 0) is 17.6 Å². The number of anilines is 1. The van der Waals surface area contributed by atoms with Crippen molar-refractivity contribution >= 4 is 17.6 Å². The topological polar surface area (TPSA) is 66.8 Å². The van der Waals surface area contributed by atoms with E-state index in [1.165, 1.54) is 12.1 Å². The summed E-state index contributed by atoms with van der Waals surface area (Å²) in [5.74, 6) is -0.815. The van der Waals surface area contributed by atoms with Gasteiger partial charge in [0.1, 0.15) is 12.4 Å². The molecule has 4 rings (SSSR count). The van der Waals surface area contributed by atoms with Crippen LogP contribution < -0.4 is 9.64 Å². The van der Waals surface area contributed by atoms with Crippen LogP contribution in [0.2, 0.25) is 0 Å². The number of ether oxygens (including phenoxy) is 1. The lowest BCUT2D eigenvalue weighted by Gasteiger charge is -2.26. The summed E-state index contributed by atoms with van der Waals surface area (Å²) >= 11 is 0. The highest BCUT2D eigenvalue weighted by Gasteiger charge is 2.39. The molecule has 0 bridgehead atoms. The highest BCUT2D eigenvalue weighted by molar-refractivity contribution is 6.08. The summed E-state index contributed by atoms with van der Waals surface area (Å²) in [4.78, 5) is 26.1. The fourth-order valence-electron chi connectivity index (χ4n) is 4.64. The van der Waals surface area contributed by atoms with Gasteiger partial charge >= 0.3 is 12.1 Å². The van der Waals surface area contributed by atoms with Gasteiger partial charge in [-0.15, -0.1) is 0 Å². The second kappa shape index (κ2) is 10.4. The summed E-state index contributed by atoms with van der Waals surface area (Å²) < 4.78 is 44.9. The smallest absolute Gasteiger partial charge is 0.416 e. The molecule has 0 spiro atoms. The fourth-order valence-corrected chi connectivity index (χ4v) is 4.64. The minimum atomic E-state index is -4.49. The Kier molecular flexibility index (Phi) is 7.33. The third kappa shape index (κ3) is 5.53. The summed E-state index contributed by atoms with van der Waals surface area (Å²) in [5, 5.41) is 9.07. The van der Waals surface area contributed by atoms with Crippen molar-refractivity contribution in [2.45, 2.75) is 50.9 Å². The number of carbonyl (C=O) groups excluding carboxylic acids is 1. The van der Waals surface area contributed by atoms with Gasteiger partial charge in [0.15, 0.2) is 0 Å². The van der Waals surface area contributed by atoms with Gasteiger partial charge < -0.3 is 14.7 Å². The first-order valence-corrected chi connectivity index (χ1v) is 11.7. The molecule has 8 heteroatoms. The molecule has 2 atom stereocenters. The number of nitrogens with zero attached hydrogens (tertiary/aromatic N) is 1. The molecule has 1 aliphatic heterocycles. The van der Waals surface area contributed by atoms with Crippen LogP contribution in [0.5, 0.6) is 5.75 Å². The van der Waals surface area contributed by atoms with Crippen LogP contribution in [0.3, 0.4) is 0 Å². The van der Waals surface area contributed by atoms with E-state index in [0.717, 1.165) is 23.3 Å². The number of aliphatic carboxylic acids is 1. The van der Waals surface area contributed by atoms with Gasteiger partial charge in [0.25, 0.3) is 5.91 Å². The first-order valence-electron chi connectivity index (χ1n) is 11.7. The minimum Gasteiger partial charge on any atom is -0.489 e. The van der Waals surface area contributed by atoms with Crippen molar-refractivity contribution in [2.24, 2.45) is 0 Å². The number of rotatable bonds is 8. The predicted octanol–water partition coefficient (Wildman–Crippen LogP) is 6.67. The highest BCUT2D eigenvalue weighted by Crippen LogP contribution is 2.46. The lowest BCUT2D eigenvalue weighted by Crippen LogP contribution is -2.37. The Bertz CT molecular complexity index is 1230. The molecule has 188 valence electrons. The zero-order valence-electron chi connectivity index (χ0n) is 19.7. The van der Waals surface area contributed by atoms with Crippen molar-refractivity contribution in [3.8, 4) is 5.75 Å². The third-order valence-corrected chi connectivity index (χ3v) is 6.48. The number of halogens is 3. The van der Waals surface area contributed by atoms with E-state index in [0.29, 0.717) is 30.9 Å². The monoisotopic (exact) mass is 497 g/mol. The lowest BCUT2D eigenvalue weighted by molar-refractivity contribution is -0.138. The SMILES string of the molecule is CC1C(CCCC(=O)O)c2cc(OCc3ccccc3)ccc2N1C(=O)c1ccc(C(F)(F)F)cc1. The van der Waals surface area contributed by atoms with E-state index in [9.17, 15) is 22.8 Å². The van der Waals surface area contributed by atoms with Gasteiger partial charge in [0.2, 0.25) is 0 Å². The first kappa shape index (κ1) is 25.3. The maximum atomic E-state index is 13.4. The number of carboxylic acid groups (broad SMARTS) is 1. The Morgan fingerprint density at radius 1 is 1.00 bits per heavy atom. The lowest BCUT2D eigenvalue weighted by atomic mass is 9.90. The van der Waals surface area contributed by atoms with Gasteiger partial charge in [-0.25, -0.2) is 0 Å². The molecule has 3 aromatic rings. The van der Waals surface area contributed by atoms with E-state index in [2.05, 4.69) is 0 Å². The van der Waals surface area contributed by atoms with Crippen molar-refractivity contribution in [3.63, 3.8) is 0 Å². The number of carbonyl (C=O) groups is 2. The number of hydrogen-bond acceptors (Lipinski definition) is 3. The van der Waals surface area contributed by atoms with Crippen LogP contribution in [0.1, 0.15) is 59.2 Å². The Morgan fingerprint density at radius 2 is 1.69 bits per heavy atom. The van der Waals surface area contributed by atoms with Gasteiger partial charge in [0.05, 0.1) is 5.56 Å². The molecular formula is C28H26F3NO4. The van der Waals surface area contributed by atoms with Gasteiger partial charge in [-0.05, 0) is 73.4 Å². The van der Waals surface area contributed by atoms with Crippen LogP contribution in [0.4, 0.5) is 18.9 Å². The predicted molar refractivity (Wildman–Crippen MR) is 129 cm³/mol. The molecule has 0 aromatic heterocycles. The number of alkyl halides is 3. The zero-order chi connectivity index (χ0) is 25.9. The Morgan fingerprint density at radius 3 is 2.33 bits per heavy atom. The molecule has 0 fully saturated rings. The molecule has 2 unspecified atom stereocenters. The minimum absolute atomic E-state index is 0.00953. The van der Waals surface area contributed by atoms with Crippen LogP contribution in [-0.4, -0.2) is 23.0 Å². The third-order valence-electron chi connectivity index (χ3n) is 6.48. The molecule has 36 heavy (non-hydrogen) atoms. The average molecular weight is 498 g/mol. The van der Waals surface area contributed by atoms with Crippen LogP contribution in [0.15, 0.2) is 72.8 Å². The number of benzene rings is 3. The average Bonchev–Trinajstić information content (AvgIpc) is 3.13. The van der Waals surface area contributed by atoms with E-state index in [1.54, 1.807) is 17.0 Å². The Balaban J connectivity index is 1.61. The van der Waals surface area contributed by atoms with Crippen molar-refractivity contribution in [1.82, 2.24) is 0 Å². The molecule has 1 amide bonds. The van der Waals surface area contributed by atoms with E-state index < -0.39 is 23.6 Å². The van der Waals surface area contributed by atoms with Crippen LogP contribution in [0.25, 0.3) is 0 Å². The summed E-state index contributed by atoms with van der Waals surface area (Å²) in [7, 11) is 0. The first-order chi connectivity index (χ1) is 17.1. The molecule has 1 heterocycles. The maximum absolute atomic E-state index is 13.4. The maximum Gasteiger partial charge on any atom is 0.416 e. The largest absolute Gasteiger partial charge is 0.489 e. The normalized spacial score (nSPS) is 17.1. The van der Waals surface area contributed by atoms with Crippen molar-refractivity contribution in [3.05, 3.63) is 95.1 Å². The summed E-state index contributed by atoms with van der Waals surface area (Å²) in [5.41, 5.74) is 1.85. The number of fused-ring (bicyclic) bond motifs is 1. The summed E-state index contributed by atoms with van der Waals surface area (Å²) in [6, 6.07) is 19.0. The van der Waals surface area contributed by atoms with Crippen LogP contribution in [0, 0.1) is 0 Å². The number of hydrogen-bond donors (Lipinski definition) is 1. The zero-order valence-corrected chi connectivity index (χ0v) is 19.7. The Hall–Kier alpha value is -3.81. The van der Waals surface area contributed by atoms with Crippen molar-refractivity contribution in [1.29, 1.82) is 0 Å². The van der Waals surface area contributed by atoms with Gasteiger partial charge in [0, 0.05) is 29.6 Å². The number of carboxylic acids is 1. The molecule has 1 N–H and O–H groups in total. The fraction of sp³-hybridized carbons (Fsp3) is 0.286. The molecule has 0 saturated carbocycles. The molecule has 1 aliphatic rings. The molecule has 0 radical (unpaired) electrons. The highest BCUT2D eigenvalue weighted by atomic mass is 19.4.